The Bertz CT molecular complexity index is 770. The van der Waals surface area contributed by atoms with Crippen LogP contribution in [0, 0.1) is 0 Å². The van der Waals surface area contributed by atoms with E-state index < -0.39 is 21.4 Å². The molecule has 6 heteroatoms. The first kappa shape index (κ1) is 16.0. The molecule has 0 atom stereocenters. The maximum atomic E-state index is 12.1. The van der Waals surface area contributed by atoms with E-state index in [2.05, 4.69) is 0 Å². The second-order valence-corrected chi connectivity index (χ2v) is 7.47. The minimum atomic E-state index is -3.59. The minimum Gasteiger partial charge on any atom is -0.293 e. The van der Waals surface area contributed by atoms with Crippen molar-refractivity contribution in [1.29, 1.82) is 0 Å². The van der Waals surface area contributed by atoms with Gasteiger partial charge in [0.25, 0.3) is 0 Å². The van der Waals surface area contributed by atoms with E-state index in [1.54, 1.807) is 42.5 Å². The molecule has 0 heterocycles. The highest BCUT2D eigenvalue weighted by molar-refractivity contribution is 7.91. The number of ketones is 1. The quantitative estimate of drug-likeness (QED) is 0.776. The Labute approximate surface area is 133 Å². The van der Waals surface area contributed by atoms with Gasteiger partial charge in [-0.15, -0.1) is 0 Å². The molecular formula is C15H12Cl2O3S. The van der Waals surface area contributed by atoms with Crippen molar-refractivity contribution in [3.05, 3.63) is 69.7 Å². The molecule has 0 saturated heterocycles. The van der Waals surface area contributed by atoms with Crippen LogP contribution in [-0.2, 0) is 15.6 Å². The first-order chi connectivity index (χ1) is 9.87. The smallest absolute Gasteiger partial charge is 0.177 e. The SMILES string of the molecule is O=C(CS(=O)(=O)Cc1ccccc1Cl)c1cccc(Cl)c1. The maximum Gasteiger partial charge on any atom is 0.177 e. The van der Waals surface area contributed by atoms with Crippen molar-refractivity contribution in [2.24, 2.45) is 0 Å². The monoisotopic (exact) mass is 342 g/mol. The summed E-state index contributed by atoms with van der Waals surface area (Å²) in [4.78, 5) is 12.0. The molecule has 0 aliphatic carbocycles. The van der Waals surface area contributed by atoms with Crippen LogP contribution in [0.25, 0.3) is 0 Å². The molecule has 0 aliphatic heterocycles. The van der Waals surface area contributed by atoms with Crippen LogP contribution in [0.3, 0.4) is 0 Å². The lowest BCUT2D eigenvalue weighted by Crippen LogP contribution is -2.18. The summed E-state index contributed by atoms with van der Waals surface area (Å²) in [5.74, 6) is -1.32. The van der Waals surface area contributed by atoms with E-state index in [-0.39, 0.29) is 11.3 Å². The summed E-state index contributed by atoms with van der Waals surface area (Å²) in [5.41, 5.74) is 0.767. The van der Waals surface area contributed by atoms with Crippen molar-refractivity contribution in [2.45, 2.75) is 5.75 Å². The fourth-order valence-corrected chi connectivity index (χ4v) is 3.71. The standard InChI is InChI=1S/C15H12Cl2O3S/c16-13-6-3-5-11(8-13)15(18)10-21(19,20)9-12-4-1-2-7-14(12)17/h1-8H,9-10H2. The Morgan fingerprint density at radius 3 is 2.38 bits per heavy atom. The number of carbonyl (C=O) groups excluding carboxylic acids is 1. The van der Waals surface area contributed by atoms with Crippen LogP contribution in [0.15, 0.2) is 48.5 Å². The molecule has 0 fully saturated rings. The molecule has 0 bridgehead atoms. The highest BCUT2D eigenvalue weighted by atomic mass is 35.5. The van der Waals surface area contributed by atoms with Crippen molar-refractivity contribution in [1.82, 2.24) is 0 Å². The second-order valence-electron chi connectivity index (χ2n) is 4.56. The second kappa shape index (κ2) is 6.60. The first-order valence-corrected chi connectivity index (χ1v) is 8.68. The zero-order valence-electron chi connectivity index (χ0n) is 10.9. The van der Waals surface area contributed by atoms with Crippen molar-refractivity contribution in [3.63, 3.8) is 0 Å². The van der Waals surface area contributed by atoms with E-state index >= 15 is 0 Å². The first-order valence-electron chi connectivity index (χ1n) is 6.10. The maximum absolute atomic E-state index is 12.1. The fraction of sp³-hybridized carbons (Fsp3) is 0.133. The van der Waals surface area contributed by atoms with Gasteiger partial charge in [-0.05, 0) is 23.8 Å². The van der Waals surface area contributed by atoms with E-state index in [0.717, 1.165) is 0 Å². The number of sulfone groups is 1. The lowest BCUT2D eigenvalue weighted by Gasteiger charge is -2.06. The minimum absolute atomic E-state index is 0.265. The summed E-state index contributed by atoms with van der Waals surface area (Å²) in [6.07, 6.45) is 0. The molecule has 0 N–H and O–H groups in total. The highest BCUT2D eigenvalue weighted by Gasteiger charge is 2.20. The third kappa shape index (κ3) is 4.56. The molecule has 0 spiro atoms. The number of halogens is 2. The Hall–Kier alpha value is -1.36. The summed E-state index contributed by atoms with van der Waals surface area (Å²) in [7, 11) is -3.59. The molecule has 2 aromatic carbocycles. The van der Waals surface area contributed by atoms with Gasteiger partial charge in [0.15, 0.2) is 15.6 Å². The number of carbonyl (C=O) groups is 1. The zero-order chi connectivity index (χ0) is 15.5. The molecule has 21 heavy (non-hydrogen) atoms. The number of hydrogen-bond donors (Lipinski definition) is 0. The Kier molecular flexibility index (Phi) is 5.04. The molecule has 2 rings (SSSR count). The molecule has 0 aliphatic rings. The molecule has 0 unspecified atom stereocenters. The molecule has 0 amide bonds. The summed E-state index contributed by atoms with van der Waals surface area (Å²) in [5, 5.41) is 0.764. The Morgan fingerprint density at radius 2 is 1.71 bits per heavy atom. The zero-order valence-corrected chi connectivity index (χ0v) is 13.3. The number of rotatable bonds is 5. The molecule has 0 radical (unpaired) electrons. The van der Waals surface area contributed by atoms with Gasteiger partial charge in [-0.2, -0.15) is 0 Å². The average Bonchev–Trinajstić information content (AvgIpc) is 2.40. The predicted octanol–water partition coefficient (Wildman–Crippen LogP) is 3.79. The van der Waals surface area contributed by atoms with Gasteiger partial charge >= 0.3 is 0 Å². The van der Waals surface area contributed by atoms with Crippen molar-refractivity contribution >= 4 is 38.8 Å². The van der Waals surface area contributed by atoms with E-state index in [1.807, 2.05) is 0 Å². The van der Waals surface area contributed by atoms with Crippen LogP contribution >= 0.6 is 23.2 Å². The number of hydrogen-bond acceptors (Lipinski definition) is 3. The molecule has 0 aromatic heterocycles. The third-order valence-electron chi connectivity index (χ3n) is 2.83. The lowest BCUT2D eigenvalue weighted by molar-refractivity contribution is 0.102. The van der Waals surface area contributed by atoms with Gasteiger partial charge in [0.2, 0.25) is 0 Å². The van der Waals surface area contributed by atoms with Gasteiger partial charge in [0.05, 0.1) is 5.75 Å². The van der Waals surface area contributed by atoms with Gasteiger partial charge in [-0.1, -0.05) is 53.5 Å². The molecule has 2 aromatic rings. The van der Waals surface area contributed by atoms with Crippen LogP contribution in [-0.4, -0.2) is 20.0 Å². The summed E-state index contributed by atoms with van der Waals surface area (Å²) in [6, 6.07) is 12.9. The van der Waals surface area contributed by atoms with E-state index in [0.29, 0.717) is 15.6 Å². The highest BCUT2D eigenvalue weighted by Crippen LogP contribution is 2.19. The van der Waals surface area contributed by atoms with E-state index in [1.165, 1.54) is 6.07 Å². The van der Waals surface area contributed by atoms with E-state index in [9.17, 15) is 13.2 Å². The van der Waals surface area contributed by atoms with Gasteiger partial charge in [-0.3, -0.25) is 4.79 Å². The average molecular weight is 343 g/mol. The normalized spacial score (nSPS) is 11.3. The van der Waals surface area contributed by atoms with Gasteiger partial charge < -0.3 is 0 Å². The van der Waals surface area contributed by atoms with Crippen molar-refractivity contribution in [3.8, 4) is 0 Å². The number of Topliss-reactive ketones (excluding diaryl/α,β-unsaturated/α-hetero) is 1. The van der Waals surface area contributed by atoms with Crippen molar-refractivity contribution < 1.29 is 13.2 Å². The van der Waals surface area contributed by atoms with E-state index in [4.69, 9.17) is 23.2 Å². The summed E-state index contributed by atoms with van der Waals surface area (Å²) < 4.78 is 24.2. The largest absolute Gasteiger partial charge is 0.293 e. The van der Waals surface area contributed by atoms with Crippen LogP contribution in [0.5, 0.6) is 0 Å². The van der Waals surface area contributed by atoms with Crippen LogP contribution < -0.4 is 0 Å². The molecular weight excluding hydrogens is 331 g/mol. The third-order valence-corrected chi connectivity index (χ3v) is 4.89. The summed E-state index contributed by atoms with van der Waals surface area (Å²) in [6.45, 7) is 0. The van der Waals surface area contributed by atoms with Crippen LogP contribution in [0.1, 0.15) is 15.9 Å². The molecule has 0 saturated carbocycles. The Balaban J connectivity index is 2.15. The molecule has 3 nitrogen and oxygen atoms in total. The number of benzene rings is 2. The van der Waals surface area contributed by atoms with Gasteiger partial charge in [0.1, 0.15) is 5.75 Å². The molecule has 110 valence electrons. The fourth-order valence-electron chi connectivity index (χ4n) is 1.85. The van der Waals surface area contributed by atoms with Crippen LogP contribution in [0.4, 0.5) is 0 Å². The van der Waals surface area contributed by atoms with Gasteiger partial charge in [0, 0.05) is 15.6 Å². The topological polar surface area (TPSA) is 51.2 Å². The summed E-state index contributed by atoms with van der Waals surface area (Å²) >= 11 is 11.7. The Morgan fingerprint density at radius 1 is 1.00 bits per heavy atom. The van der Waals surface area contributed by atoms with Crippen LogP contribution in [0.2, 0.25) is 10.0 Å². The lowest BCUT2D eigenvalue weighted by atomic mass is 10.1. The van der Waals surface area contributed by atoms with Gasteiger partial charge in [-0.25, -0.2) is 8.42 Å². The van der Waals surface area contributed by atoms with Crippen molar-refractivity contribution in [2.75, 3.05) is 5.75 Å². The predicted molar refractivity (Wildman–Crippen MR) is 84.7 cm³/mol.